The van der Waals surface area contributed by atoms with Crippen molar-refractivity contribution in [3.63, 3.8) is 0 Å². The lowest BCUT2D eigenvalue weighted by Gasteiger charge is -2.23. The molecule has 1 aliphatic rings. The quantitative estimate of drug-likeness (QED) is 0.895. The van der Waals surface area contributed by atoms with Crippen LogP contribution in [0.4, 0.5) is 5.69 Å². The minimum Gasteiger partial charge on any atom is -0.378 e. The molecule has 1 aliphatic heterocycles. The summed E-state index contributed by atoms with van der Waals surface area (Å²) in [4.78, 5) is 29.6. The van der Waals surface area contributed by atoms with E-state index in [0.29, 0.717) is 18.0 Å². The maximum Gasteiger partial charge on any atom is 0.264 e. The number of nitrogens with one attached hydrogen (secondary N) is 1. The molecule has 6 heteroatoms. The fourth-order valence-electron chi connectivity index (χ4n) is 3.04. The van der Waals surface area contributed by atoms with Gasteiger partial charge in [-0.25, -0.2) is 0 Å². The van der Waals surface area contributed by atoms with E-state index in [-0.39, 0.29) is 17.9 Å². The van der Waals surface area contributed by atoms with E-state index in [4.69, 9.17) is 0 Å². The summed E-state index contributed by atoms with van der Waals surface area (Å²) < 4.78 is 0. The van der Waals surface area contributed by atoms with E-state index in [1.165, 1.54) is 11.3 Å². The first-order valence-corrected chi connectivity index (χ1v) is 9.32. The topological polar surface area (TPSA) is 52.7 Å². The molecule has 25 heavy (non-hydrogen) atoms. The van der Waals surface area contributed by atoms with Crippen molar-refractivity contribution in [2.75, 3.05) is 25.5 Å². The van der Waals surface area contributed by atoms with Gasteiger partial charge < -0.3 is 15.1 Å². The lowest BCUT2D eigenvalue weighted by molar-refractivity contribution is -0.125. The fraction of sp³-hybridized carbons (Fsp3) is 0.368. The van der Waals surface area contributed by atoms with Gasteiger partial charge in [-0.15, -0.1) is 11.3 Å². The fourth-order valence-corrected chi connectivity index (χ4v) is 3.72. The number of amides is 2. The summed E-state index contributed by atoms with van der Waals surface area (Å²) in [5.74, 6) is -0.109. The molecule has 1 N–H and O–H groups in total. The van der Waals surface area contributed by atoms with Crippen molar-refractivity contribution in [3.05, 3.63) is 52.2 Å². The van der Waals surface area contributed by atoms with Gasteiger partial charge in [0.15, 0.2) is 0 Å². The molecule has 1 fully saturated rings. The third kappa shape index (κ3) is 4.02. The molecule has 0 spiro atoms. The molecule has 0 radical (unpaired) electrons. The normalized spacial score (nSPS) is 16.7. The molecule has 5 nitrogen and oxygen atoms in total. The smallest absolute Gasteiger partial charge is 0.264 e. The molecule has 1 unspecified atom stereocenters. The molecule has 3 rings (SSSR count). The number of benzene rings is 1. The van der Waals surface area contributed by atoms with Crippen molar-refractivity contribution in [2.24, 2.45) is 0 Å². The van der Waals surface area contributed by atoms with E-state index in [1.54, 1.807) is 4.90 Å². The zero-order chi connectivity index (χ0) is 17.8. The van der Waals surface area contributed by atoms with Crippen molar-refractivity contribution in [1.29, 1.82) is 0 Å². The molecular formula is C19H23N3O2S. The van der Waals surface area contributed by atoms with Gasteiger partial charge in [0.25, 0.3) is 5.91 Å². The second kappa shape index (κ2) is 7.70. The number of hydrogen-bond donors (Lipinski definition) is 1. The summed E-state index contributed by atoms with van der Waals surface area (Å²) in [6.07, 6.45) is 1.59. The summed E-state index contributed by atoms with van der Waals surface area (Å²) >= 11 is 1.42. The van der Waals surface area contributed by atoms with Crippen molar-refractivity contribution < 1.29 is 9.59 Å². The molecule has 132 valence electrons. The molecule has 1 aromatic carbocycles. The number of thiophene rings is 1. The van der Waals surface area contributed by atoms with Crippen molar-refractivity contribution in [1.82, 2.24) is 10.2 Å². The standard InChI is InChI=1S/C19H23N3O2S/c1-21(2)15-9-7-14(8-10-15)13-20-18(23)16-5-3-11-22(16)19(24)17-6-4-12-25-17/h4,6-10,12,16H,3,5,11,13H2,1-2H3,(H,20,23). The number of carbonyl (C=O) groups is 2. The molecule has 1 atom stereocenters. The summed E-state index contributed by atoms with van der Waals surface area (Å²) in [5.41, 5.74) is 2.17. The summed E-state index contributed by atoms with van der Waals surface area (Å²) in [6.45, 7) is 1.12. The van der Waals surface area contributed by atoms with E-state index in [1.807, 2.05) is 60.8 Å². The van der Waals surface area contributed by atoms with Crippen molar-refractivity contribution >= 4 is 28.8 Å². The van der Waals surface area contributed by atoms with E-state index < -0.39 is 0 Å². The lowest BCUT2D eigenvalue weighted by atomic mass is 10.1. The molecule has 0 bridgehead atoms. The zero-order valence-electron chi connectivity index (χ0n) is 14.6. The SMILES string of the molecule is CN(C)c1ccc(CNC(=O)C2CCCN2C(=O)c2cccs2)cc1. The molecule has 0 saturated carbocycles. The largest absolute Gasteiger partial charge is 0.378 e. The Labute approximate surface area is 152 Å². The number of hydrogen-bond acceptors (Lipinski definition) is 4. The van der Waals surface area contributed by atoms with Crippen LogP contribution in [-0.2, 0) is 11.3 Å². The highest BCUT2D eigenvalue weighted by molar-refractivity contribution is 7.12. The minimum absolute atomic E-state index is 0.0389. The van der Waals surface area contributed by atoms with E-state index in [2.05, 4.69) is 5.32 Å². The van der Waals surface area contributed by atoms with Gasteiger partial charge in [0, 0.05) is 32.9 Å². The minimum atomic E-state index is -0.365. The highest BCUT2D eigenvalue weighted by atomic mass is 32.1. The van der Waals surface area contributed by atoms with Gasteiger partial charge in [0.05, 0.1) is 4.88 Å². The first-order chi connectivity index (χ1) is 12.1. The van der Waals surface area contributed by atoms with Crippen LogP contribution < -0.4 is 10.2 Å². The summed E-state index contributed by atoms with van der Waals surface area (Å²) in [7, 11) is 3.99. The van der Waals surface area contributed by atoms with Gasteiger partial charge in [-0.3, -0.25) is 9.59 Å². The van der Waals surface area contributed by atoms with E-state index in [9.17, 15) is 9.59 Å². The van der Waals surface area contributed by atoms with Gasteiger partial charge in [-0.05, 0) is 42.0 Å². The number of rotatable bonds is 5. The van der Waals surface area contributed by atoms with Crippen LogP contribution in [0.1, 0.15) is 28.1 Å². The summed E-state index contributed by atoms with van der Waals surface area (Å²) in [5, 5.41) is 4.86. The first-order valence-electron chi connectivity index (χ1n) is 8.44. The third-order valence-corrected chi connectivity index (χ3v) is 5.33. The second-order valence-corrected chi connectivity index (χ2v) is 7.36. The van der Waals surface area contributed by atoms with Crippen LogP contribution >= 0.6 is 11.3 Å². The molecule has 2 amide bonds. The van der Waals surface area contributed by atoms with Crippen molar-refractivity contribution in [2.45, 2.75) is 25.4 Å². The molecule has 1 saturated heterocycles. The van der Waals surface area contributed by atoms with Crippen LogP contribution in [0.25, 0.3) is 0 Å². The molecular weight excluding hydrogens is 334 g/mol. The Kier molecular flexibility index (Phi) is 5.38. The Bertz CT molecular complexity index is 726. The molecule has 2 aromatic rings. The van der Waals surface area contributed by atoms with Gasteiger partial charge in [0.2, 0.25) is 5.91 Å². The van der Waals surface area contributed by atoms with Crippen LogP contribution in [0.5, 0.6) is 0 Å². The lowest BCUT2D eigenvalue weighted by Crippen LogP contribution is -2.45. The highest BCUT2D eigenvalue weighted by Gasteiger charge is 2.34. The maximum absolute atomic E-state index is 12.6. The third-order valence-electron chi connectivity index (χ3n) is 4.47. The van der Waals surface area contributed by atoms with Gasteiger partial charge in [-0.2, -0.15) is 0 Å². The van der Waals surface area contributed by atoms with Crippen molar-refractivity contribution in [3.8, 4) is 0 Å². The number of likely N-dealkylation sites (tertiary alicyclic amines) is 1. The second-order valence-electron chi connectivity index (χ2n) is 6.41. The zero-order valence-corrected chi connectivity index (χ0v) is 15.4. The Morgan fingerprint density at radius 3 is 2.64 bits per heavy atom. The number of carbonyl (C=O) groups excluding carboxylic acids is 2. The van der Waals surface area contributed by atoms with Crippen LogP contribution in [0.3, 0.4) is 0 Å². The number of anilines is 1. The van der Waals surface area contributed by atoms with Crippen LogP contribution in [0.2, 0.25) is 0 Å². The average molecular weight is 357 g/mol. The molecule has 1 aromatic heterocycles. The predicted octanol–water partition coefficient (Wildman–Crippen LogP) is 2.74. The maximum atomic E-state index is 12.6. The Hall–Kier alpha value is -2.34. The Balaban J connectivity index is 1.59. The molecule has 0 aliphatic carbocycles. The number of nitrogens with zero attached hydrogens (tertiary/aromatic N) is 2. The average Bonchev–Trinajstić information content (AvgIpc) is 3.30. The van der Waals surface area contributed by atoms with Gasteiger partial charge in [-0.1, -0.05) is 18.2 Å². The van der Waals surface area contributed by atoms with Crippen LogP contribution in [0, 0.1) is 0 Å². The van der Waals surface area contributed by atoms with E-state index in [0.717, 1.165) is 24.1 Å². The Morgan fingerprint density at radius 2 is 2.00 bits per heavy atom. The highest BCUT2D eigenvalue weighted by Crippen LogP contribution is 2.22. The van der Waals surface area contributed by atoms with Crippen LogP contribution in [-0.4, -0.2) is 43.4 Å². The van der Waals surface area contributed by atoms with E-state index >= 15 is 0 Å². The molecule has 2 heterocycles. The Morgan fingerprint density at radius 1 is 1.24 bits per heavy atom. The first kappa shape index (κ1) is 17.5. The monoisotopic (exact) mass is 357 g/mol. The van der Waals surface area contributed by atoms with Gasteiger partial charge in [0.1, 0.15) is 6.04 Å². The predicted molar refractivity (Wildman–Crippen MR) is 101 cm³/mol. The van der Waals surface area contributed by atoms with Crippen LogP contribution in [0.15, 0.2) is 41.8 Å². The summed E-state index contributed by atoms with van der Waals surface area (Å²) in [6, 6.07) is 11.4. The van der Waals surface area contributed by atoms with Gasteiger partial charge >= 0.3 is 0 Å².